The van der Waals surface area contributed by atoms with Crippen molar-refractivity contribution >= 4 is 21.5 Å². The second-order valence-electron chi connectivity index (χ2n) is 14.6. The van der Waals surface area contributed by atoms with Gasteiger partial charge in [-0.25, -0.2) is 9.97 Å². The van der Waals surface area contributed by atoms with Crippen LogP contribution in [0.4, 0.5) is 0 Å². The van der Waals surface area contributed by atoms with Crippen molar-refractivity contribution in [1.29, 1.82) is 0 Å². The SMILES string of the molecule is CC1(C)c2ccccc2-c2cc(-c3ccc(-c4cc(-c5cccc(-c6cccc7ccccc67)c5)nc(-c5ccccc5)n4)c4ccccc34)ccc21. The zero-order chi connectivity index (χ0) is 35.5. The van der Waals surface area contributed by atoms with Gasteiger partial charge >= 0.3 is 0 Å². The molecule has 9 aromatic rings. The molecule has 1 aliphatic carbocycles. The molecular weight excluding hydrogens is 641 g/mol. The molecule has 0 unspecified atom stereocenters. The molecule has 0 N–H and O–H groups in total. The van der Waals surface area contributed by atoms with E-state index < -0.39 is 0 Å². The van der Waals surface area contributed by atoms with Gasteiger partial charge in [0.1, 0.15) is 0 Å². The zero-order valence-electron chi connectivity index (χ0n) is 29.7. The van der Waals surface area contributed by atoms with Gasteiger partial charge < -0.3 is 0 Å². The van der Waals surface area contributed by atoms with Crippen LogP contribution in [0.15, 0.2) is 182 Å². The Hall–Kier alpha value is -6.64. The molecule has 0 saturated heterocycles. The molecular formula is C51H36N2. The number of fused-ring (bicyclic) bond motifs is 5. The van der Waals surface area contributed by atoms with Crippen LogP contribution < -0.4 is 0 Å². The van der Waals surface area contributed by atoms with Crippen LogP contribution in [0.1, 0.15) is 25.0 Å². The molecule has 250 valence electrons. The number of hydrogen-bond donors (Lipinski definition) is 0. The van der Waals surface area contributed by atoms with Crippen LogP contribution in [0.25, 0.3) is 88.8 Å². The third-order valence-electron chi connectivity index (χ3n) is 11.1. The molecule has 0 bridgehead atoms. The van der Waals surface area contributed by atoms with Gasteiger partial charge in [0.25, 0.3) is 0 Å². The van der Waals surface area contributed by atoms with Gasteiger partial charge in [-0.05, 0) is 84.3 Å². The summed E-state index contributed by atoms with van der Waals surface area (Å²) in [4.78, 5) is 10.4. The van der Waals surface area contributed by atoms with E-state index in [0.717, 1.165) is 33.6 Å². The standard InChI is InChI=1S/C51H36N2/c1-51(2)46-25-11-10-23-43(46)45-31-36(26-29-47(45)51)40-27-28-44(42-22-9-8-21-41(40)42)49-32-48(52-50(53-49)34-15-4-3-5-16-34)37-19-12-18-35(30-37)39-24-13-17-33-14-6-7-20-38(33)39/h3-32H,1-2H3. The van der Waals surface area contributed by atoms with Crippen molar-refractivity contribution in [2.45, 2.75) is 19.3 Å². The van der Waals surface area contributed by atoms with Gasteiger partial charge in [-0.3, -0.25) is 0 Å². The van der Waals surface area contributed by atoms with Crippen molar-refractivity contribution in [3.8, 4) is 67.3 Å². The molecule has 1 aromatic heterocycles. The average Bonchev–Trinajstić information content (AvgIpc) is 3.45. The summed E-state index contributed by atoms with van der Waals surface area (Å²) in [6.07, 6.45) is 0. The van der Waals surface area contributed by atoms with Gasteiger partial charge in [0, 0.05) is 22.1 Å². The number of benzene rings is 8. The minimum absolute atomic E-state index is 0.0219. The van der Waals surface area contributed by atoms with E-state index in [4.69, 9.17) is 9.97 Å². The highest BCUT2D eigenvalue weighted by molar-refractivity contribution is 6.05. The van der Waals surface area contributed by atoms with Gasteiger partial charge in [0.2, 0.25) is 0 Å². The summed E-state index contributed by atoms with van der Waals surface area (Å²) in [5, 5.41) is 4.84. The van der Waals surface area contributed by atoms with Crippen LogP contribution in [0, 0.1) is 0 Å². The molecule has 2 nitrogen and oxygen atoms in total. The van der Waals surface area contributed by atoms with Crippen LogP contribution in [0.2, 0.25) is 0 Å². The Morgan fingerprint density at radius 3 is 1.77 bits per heavy atom. The van der Waals surface area contributed by atoms with Crippen molar-refractivity contribution in [2.75, 3.05) is 0 Å². The molecule has 0 amide bonds. The van der Waals surface area contributed by atoms with Crippen LogP contribution in [-0.2, 0) is 5.41 Å². The van der Waals surface area contributed by atoms with Gasteiger partial charge in [-0.2, -0.15) is 0 Å². The lowest BCUT2D eigenvalue weighted by Crippen LogP contribution is -2.14. The summed E-state index contributed by atoms with van der Waals surface area (Å²) in [6, 6.07) is 65.4. The van der Waals surface area contributed by atoms with Gasteiger partial charge in [-0.15, -0.1) is 0 Å². The first-order valence-electron chi connectivity index (χ1n) is 18.3. The lowest BCUT2D eigenvalue weighted by molar-refractivity contribution is 0.660. The number of hydrogen-bond acceptors (Lipinski definition) is 2. The highest BCUT2D eigenvalue weighted by Crippen LogP contribution is 2.50. The summed E-state index contributed by atoms with van der Waals surface area (Å²) < 4.78 is 0. The molecule has 0 spiro atoms. The highest BCUT2D eigenvalue weighted by atomic mass is 14.9. The largest absolute Gasteiger partial charge is 0.228 e. The Bertz CT molecular complexity index is 2860. The number of nitrogens with zero attached hydrogens (tertiary/aromatic N) is 2. The van der Waals surface area contributed by atoms with E-state index in [1.165, 1.54) is 60.5 Å². The lowest BCUT2D eigenvalue weighted by Gasteiger charge is -2.21. The summed E-state index contributed by atoms with van der Waals surface area (Å²) in [5.74, 6) is 0.710. The maximum atomic E-state index is 5.25. The molecule has 1 aliphatic rings. The summed E-state index contributed by atoms with van der Waals surface area (Å²) in [6.45, 7) is 4.67. The average molecular weight is 677 g/mol. The summed E-state index contributed by atoms with van der Waals surface area (Å²) in [7, 11) is 0. The van der Waals surface area contributed by atoms with Crippen molar-refractivity contribution in [2.24, 2.45) is 0 Å². The molecule has 0 aliphatic heterocycles. The van der Waals surface area contributed by atoms with Gasteiger partial charge in [0.05, 0.1) is 11.4 Å². The van der Waals surface area contributed by atoms with Crippen LogP contribution in [0.3, 0.4) is 0 Å². The molecule has 0 fully saturated rings. The fourth-order valence-corrected chi connectivity index (χ4v) is 8.43. The monoisotopic (exact) mass is 676 g/mol. The normalized spacial score (nSPS) is 12.9. The Balaban J connectivity index is 1.13. The van der Waals surface area contributed by atoms with Crippen molar-refractivity contribution in [3.05, 3.63) is 193 Å². The Morgan fingerprint density at radius 1 is 0.340 bits per heavy atom. The minimum Gasteiger partial charge on any atom is -0.228 e. The second kappa shape index (κ2) is 12.3. The molecule has 0 atom stereocenters. The first-order chi connectivity index (χ1) is 26.0. The van der Waals surface area contributed by atoms with E-state index in [-0.39, 0.29) is 5.41 Å². The van der Waals surface area contributed by atoms with E-state index >= 15 is 0 Å². The lowest BCUT2D eigenvalue weighted by atomic mass is 9.82. The minimum atomic E-state index is -0.0219. The summed E-state index contributed by atoms with van der Waals surface area (Å²) >= 11 is 0. The van der Waals surface area contributed by atoms with Gasteiger partial charge in [-0.1, -0.05) is 178 Å². The number of rotatable bonds is 5. The highest BCUT2D eigenvalue weighted by Gasteiger charge is 2.35. The van der Waals surface area contributed by atoms with Crippen LogP contribution in [-0.4, -0.2) is 9.97 Å². The quantitative estimate of drug-likeness (QED) is 0.181. The van der Waals surface area contributed by atoms with Crippen LogP contribution >= 0.6 is 0 Å². The fourth-order valence-electron chi connectivity index (χ4n) is 8.43. The molecule has 0 radical (unpaired) electrons. The Morgan fingerprint density at radius 2 is 0.906 bits per heavy atom. The third kappa shape index (κ3) is 5.18. The van der Waals surface area contributed by atoms with E-state index in [1.54, 1.807) is 0 Å². The smallest absolute Gasteiger partial charge is 0.160 e. The fraction of sp³-hybridized carbons (Fsp3) is 0.0588. The maximum Gasteiger partial charge on any atom is 0.160 e. The van der Waals surface area contributed by atoms with Crippen molar-refractivity contribution < 1.29 is 0 Å². The predicted octanol–water partition coefficient (Wildman–Crippen LogP) is 13.4. The van der Waals surface area contributed by atoms with Crippen LogP contribution in [0.5, 0.6) is 0 Å². The molecule has 10 rings (SSSR count). The van der Waals surface area contributed by atoms with Gasteiger partial charge in [0.15, 0.2) is 5.82 Å². The molecule has 1 heterocycles. The molecule has 0 saturated carbocycles. The van der Waals surface area contributed by atoms with E-state index in [1.807, 2.05) is 18.2 Å². The Labute approximate surface area is 310 Å². The zero-order valence-corrected chi connectivity index (χ0v) is 29.7. The van der Waals surface area contributed by atoms with E-state index in [9.17, 15) is 0 Å². The molecule has 2 heteroatoms. The Kier molecular flexibility index (Phi) is 7.19. The third-order valence-corrected chi connectivity index (χ3v) is 11.1. The molecule has 53 heavy (non-hydrogen) atoms. The van der Waals surface area contributed by atoms with E-state index in [0.29, 0.717) is 5.82 Å². The van der Waals surface area contributed by atoms with E-state index in [2.05, 4.69) is 178 Å². The number of aromatic nitrogens is 2. The molecule has 8 aromatic carbocycles. The maximum absolute atomic E-state index is 5.25. The van der Waals surface area contributed by atoms with Crippen molar-refractivity contribution in [3.63, 3.8) is 0 Å². The first kappa shape index (κ1) is 31.1. The summed E-state index contributed by atoms with van der Waals surface area (Å²) in [5.41, 5.74) is 15.2. The second-order valence-corrected chi connectivity index (χ2v) is 14.6. The van der Waals surface area contributed by atoms with Crippen molar-refractivity contribution in [1.82, 2.24) is 9.97 Å². The topological polar surface area (TPSA) is 25.8 Å². The first-order valence-corrected chi connectivity index (χ1v) is 18.3. The predicted molar refractivity (Wildman–Crippen MR) is 222 cm³/mol.